The standard InChI is InChI=1S/C17H20BrN3O3S/c18-12-4-3-11-7-14(19-13(11)8-12)17(22)20-15-9-25(23,24)10-16(15)21-5-1-2-6-21/h3-4,7-8,15-16,19H,1-2,5-6,9-10H2,(H,20,22). The Kier molecular flexibility index (Phi) is 4.37. The van der Waals surface area contributed by atoms with Gasteiger partial charge in [-0.15, -0.1) is 0 Å². The molecule has 1 amide bonds. The quantitative estimate of drug-likeness (QED) is 0.786. The highest BCUT2D eigenvalue weighted by Gasteiger charge is 2.42. The van der Waals surface area contributed by atoms with Crippen LogP contribution in [0.25, 0.3) is 10.9 Å². The number of hydrogen-bond acceptors (Lipinski definition) is 4. The smallest absolute Gasteiger partial charge is 0.268 e. The summed E-state index contributed by atoms with van der Waals surface area (Å²) in [5.74, 6) is -0.0952. The van der Waals surface area contributed by atoms with Crippen molar-refractivity contribution in [3.05, 3.63) is 34.4 Å². The number of aromatic nitrogens is 1. The molecule has 25 heavy (non-hydrogen) atoms. The molecule has 0 radical (unpaired) electrons. The lowest BCUT2D eigenvalue weighted by molar-refractivity contribution is 0.0914. The number of nitrogens with one attached hydrogen (secondary N) is 2. The predicted octanol–water partition coefficient (Wildman–Crippen LogP) is 1.92. The minimum atomic E-state index is -3.11. The number of amides is 1. The molecular formula is C17H20BrN3O3S. The van der Waals surface area contributed by atoms with Crippen molar-refractivity contribution in [1.82, 2.24) is 15.2 Å². The SMILES string of the molecule is O=C(NC1CS(=O)(=O)CC1N1CCCC1)c1cc2ccc(Br)cc2[nH]1. The summed E-state index contributed by atoms with van der Waals surface area (Å²) in [5, 5.41) is 3.90. The summed E-state index contributed by atoms with van der Waals surface area (Å²) in [6.45, 7) is 1.82. The van der Waals surface area contributed by atoms with Crippen LogP contribution in [-0.2, 0) is 9.84 Å². The number of halogens is 1. The zero-order valence-corrected chi connectivity index (χ0v) is 16.1. The van der Waals surface area contributed by atoms with Gasteiger partial charge < -0.3 is 10.3 Å². The molecule has 4 rings (SSSR count). The molecule has 8 heteroatoms. The zero-order valence-electron chi connectivity index (χ0n) is 13.7. The van der Waals surface area contributed by atoms with E-state index in [1.165, 1.54) is 0 Å². The first kappa shape index (κ1) is 17.1. The number of hydrogen-bond donors (Lipinski definition) is 2. The maximum Gasteiger partial charge on any atom is 0.268 e. The predicted molar refractivity (Wildman–Crippen MR) is 101 cm³/mol. The van der Waals surface area contributed by atoms with Crippen molar-refractivity contribution in [2.75, 3.05) is 24.6 Å². The highest BCUT2D eigenvalue weighted by molar-refractivity contribution is 9.10. The molecule has 2 N–H and O–H groups in total. The maximum atomic E-state index is 12.7. The summed E-state index contributed by atoms with van der Waals surface area (Å²) in [6, 6.07) is 7.10. The van der Waals surface area contributed by atoms with E-state index in [1.807, 2.05) is 18.2 Å². The molecule has 2 saturated heterocycles. The van der Waals surface area contributed by atoms with Crippen LogP contribution in [0.5, 0.6) is 0 Å². The Bertz CT molecular complexity index is 918. The molecule has 0 saturated carbocycles. The molecule has 2 aliphatic rings. The lowest BCUT2D eigenvalue weighted by Crippen LogP contribution is -2.50. The summed E-state index contributed by atoms with van der Waals surface area (Å²) < 4.78 is 25.2. The molecule has 2 aromatic rings. The highest BCUT2D eigenvalue weighted by atomic mass is 79.9. The van der Waals surface area contributed by atoms with Crippen LogP contribution in [-0.4, -0.2) is 60.9 Å². The Morgan fingerprint density at radius 1 is 1.20 bits per heavy atom. The number of fused-ring (bicyclic) bond motifs is 1. The minimum absolute atomic E-state index is 0.0195. The Morgan fingerprint density at radius 3 is 2.72 bits per heavy atom. The minimum Gasteiger partial charge on any atom is -0.350 e. The van der Waals surface area contributed by atoms with Crippen LogP contribution in [0.15, 0.2) is 28.7 Å². The number of nitrogens with zero attached hydrogens (tertiary/aromatic N) is 1. The maximum absolute atomic E-state index is 12.7. The van der Waals surface area contributed by atoms with Crippen molar-refractivity contribution in [2.45, 2.75) is 24.9 Å². The Labute approximate surface area is 155 Å². The normalized spacial score (nSPS) is 26.3. The molecule has 1 aromatic heterocycles. The van der Waals surface area contributed by atoms with Crippen molar-refractivity contribution in [3.8, 4) is 0 Å². The molecule has 2 aliphatic heterocycles. The van der Waals surface area contributed by atoms with E-state index < -0.39 is 9.84 Å². The Morgan fingerprint density at radius 2 is 1.96 bits per heavy atom. The van der Waals surface area contributed by atoms with Gasteiger partial charge in [0, 0.05) is 21.4 Å². The van der Waals surface area contributed by atoms with E-state index in [-0.39, 0.29) is 29.5 Å². The lowest BCUT2D eigenvalue weighted by atomic mass is 10.1. The van der Waals surface area contributed by atoms with Crippen molar-refractivity contribution in [3.63, 3.8) is 0 Å². The van der Waals surface area contributed by atoms with Crippen molar-refractivity contribution >= 4 is 42.6 Å². The molecular weight excluding hydrogens is 406 g/mol. The van der Waals surface area contributed by atoms with Crippen molar-refractivity contribution < 1.29 is 13.2 Å². The molecule has 2 fully saturated rings. The van der Waals surface area contributed by atoms with E-state index in [1.54, 1.807) is 6.07 Å². The second kappa shape index (κ2) is 6.41. The number of likely N-dealkylation sites (tertiary alicyclic amines) is 1. The van der Waals surface area contributed by atoms with E-state index in [0.717, 1.165) is 41.3 Å². The molecule has 0 aliphatic carbocycles. The third-order valence-corrected chi connectivity index (χ3v) is 7.29. The van der Waals surface area contributed by atoms with E-state index in [9.17, 15) is 13.2 Å². The Hall–Kier alpha value is -1.38. The first-order chi connectivity index (χ1) is 11.9. The fourth-order valence-electron chi connectivity index (χ4n) is 3.87. The van der Waals surface area contributed by atoms with E-state index >= 15 is 0 Å². The summed E-state index contributed by atoms with van der Waals surface area (Å²) in [7, 11) is -3.11. The summed E-state index contributed by atoms with van der Waals surface area (Å²) in [5.41, 5.74) is 1.33. The van der Waals surface area contributed by atoms with Gasteiger partial charge in [0.2, 0.25) is 0 Å². The van der Waals surface area contributed by atoms with Crippen molar-refractivity contribution in [1.29, 1.82) is 0 Å². The number of carbonyl (C=O) groups excluding carboxylic acids is 1. The molecule has 1 aromatic carbocycles. The van der Waals surface area contributed by atoms with Gasteiger partial charge in [-0.3, -0.25) is 9.69 Å². The van der Waals surface area contributed by atoms with Crippen LogP contribution in [0.1, 0.15) is 23.3 Å². The number of H-pyrrole nitrogens is 1. The summed E-state index contributed by atoms with van der Waals surface area (Å²) in [6.07, 6.45) is 2.18. The second-order valence-corrected chi connectivity index (χ2v) is 9.95. The van der Waals surface area contributed by atoms with Gasteiger partial charge in [0.1, 0.15) is 5.69 Å². The molecule has 2 atom stereocenters. The first-order valence-corrected chi connectivity index (χ1v) is 11.1. The van der Waals surface area contributed by atoms with Gasteiger partial charge in [0.25, 0.3) is 5.91 Å². The van der Waals surface area contributed by atoms with Gasteiger partial charge in [-0.05, 0) is 44.1 Å². The zero-order chi connectivity index (χ0) is 17.6. The first-order valence-electron chi connectivity index (χ1n) is 8.45. The number of carbonyl (C=O) groups is 1. The van der Waals surface area contributed by atoms with Gasteiger partial charge in [-0.25, -0.2) is 8.42 Å². The fourth-order valence-corrected chi connectivity index (χ4v) is 6.18. The second-order valence-electron chi connectivity index (χ2n) is 6.88. The average Bonchev–Trinajstić information content (AvgIpc) is 3.25. The molecule has 134 valence electrons. The number of aromatic amines is 1. The molecule has 0 spiro atoms. The molecule has 0 bridgehead atoms. The van der Waals surface area contributed by atoms with Crippen LogP contribution in [0.4, 0.5) is 0 Å². The monoisotopic (exact) mass is 425 g/mol. The highest BCUT2D eigenvalue weighted by Crippen LogP contribution is 2.24. The van der Waals surface area contributed by atoms with Crippen LogP contribution in [0, 0.1) is 0 Å². The number of rotatable bonds is 3. The van der Waals surface area contributed by atoms with Gasteiger partial charge in [0.15, 0.2) is 9.84 Å². The van der Waals surface area contributed by atoms with Crippen LogP contribution in [0.3, 0.4) is 0 Å². The summed E-state index contributed by atoms with van der Waals surface area (Å²) >= 11 is 3.41. The van der Waals surface area contributed by atoms with Crippen LogP contribution in [0.2, 0.25) is 0 Å². The van der Waals surface area contributed by atoms with Crippen molar-refractivity contribution in [2.24, 2.45) is 0 Å². The van der Waals surface area contributed by atoms with Crippen LogP contribution >= 0.6 is 15.9 Å². The third kappa shape index (κ3) is 3.47. The van der Waals surface area contributed by atoms with Gasteiger partial charge in [-0.2, -0.15) is 0 Å². The molecule has 3 heterocycles. The lowest BCUT2D eigenvalue weighted by Gasteiger charge is -2.28. The number of sulfone groups is 1. The van der Waals surface area contributed by atoms with Crippen LogP contribution < -0.4 is 5.32 Å². The molecule has 6 nitrogen and oxygen atoms in total. The summed E-state index contributed by atoms with van der Waals surface area (Å²) in [4.78, 5) is 18.0. The largest absolute Gasteiger partial charge is 0.350 e. The third-order valence-electron chi connectivity index (χ3n) is 5.08. The molecule has 2 unspecified atom stereocenters. The average molecular weight is 426 g/mol. The van der Waals surface area contributed by atoms with Gasteiger partial charge in [-0.1, -0.05) is 22.0 Å². The Balaban J connectivity index is 1.55. The van der Waals surface area contributed by atoms with E-state index in [0.29, 0.717) is 5.69 Å². The van der Waals surface area contributed by atoms with Gasteiger partial charge >= 0.3 is 0 Å². The van der Waals surface area contributed by atoms with Gasteiger partial charge in [0.05, 0.1) is 17.5 Å². The fraction of sp³-hybridized carbons (Fsp3) is 0.471. The number of benzene rings is 1. The topological polar surface area (TPSA) is 82.3 Å². The van der Waals surface area contributed by atoms with E-state index in [2.05, 4.69) is 31.1 Å². The van der Waals surface area contributed by atoms with E-state index in [4.69, 9.17) is 0 Å².